The predicted molar refractivity (Wildman–Crippen MR) is 170 cm³/mol. The van der Waals surface area contributed by atoms with Gasteiger partial charge in [0.25, 0.3) is 0 Å². The fourth-order valence-electron chi connectivity index (χ4n) is 3.61. The van der Waals surface area contributed by atoms with Gasteiger partial charge in [-0.05, 0) is 59.5 Å². The number of aromatic nitrogens is 2. The molecule has 1 aliphatic rings. The van der Waals surface area contributed by atoms with Crippen molar-refractivity contribution in [3.8, 4) is 22.3 Å². The van der Waals surface area contributed by atoms with Crippen molar-refractivity contribution in [2.24, 2.45) is 10.7 Å². The fraction of sp³-hybridized carbons (Fsp3) is 0.0909. The van der Waals surface area contributed by atoms with Gasteiger partial charge in [-0.15, -0.1) is 12.4 Å². The smallest absolute Gasteiger partial charge is 0.870 e. The van der Waals surface area contributed by atoms with Crippen LogP contribution in [0, 0.1) is 12.0 Å². The molecule has 0 saturated heterocycles. The molecule has 0 aliphatic carbocycles. The Balaban J connectivity index is 0.000000668. The number of allylic oxidation sites excluding steroid dienone is 1. The van der Waals surface area contributed by atoms with Gasteiger partial charge in [0.1, 0.15) is 11.5 Å². The second-order valence-electron chi connectivity index (χ2n) is 8.46. The molecular weight excluding hydrogens is 589 g/mol. The molecule has 5 rings (SSSR count). The third-order valence-electron chi connectivity index (χ3n) is 5.56. The Labute approximate surface area is 285 Å². The number of nitrogens with zero attached hydrogens (tertiary/aromatic N) is 3. The Hall–Kier alpha value is -4.25. The first-order valence-electron chi connectivity index (χ1n) is 12.8. The molecule has 0 unspecified atom stereocenters. The van der Waals surface area contributed by atoms with Gasteiger partial charge < -0.3 is 20.7 Å². The summed E-state index contributed by atoms with van der Waals surface area (Å²) >= 11 is 0. The molecule has 0 amide bonds. The first-order valence-corrected chi connectivity index (χ1v) is 12.8. The molecule has 0 fully saturated rings. The summed E-state index contributed by atoms with van der Waals surface area (Å²) in [5.41, 5.74) is 11.7. The molecule has 0 radical (unpaired) electrons. The molecule has 0 spiro atoms. The van der Waals surface area contributed by atoms with Crippen molar-refractivity contribution in [1.82, 2.24) is 9.97 Å². The summed E-state index contributed by atoms with van der Waals surface area (Å²) in [6.45, 7) is 6.86. The maximum Gasteiger partial charge on any atom is 1.00 e. The zero-order valence-electron chi connectivity index (χ0n) is 24.5. The van der Waals surface area contributed by atoms with Crippen LogP contribution >= 0.6 is 12.4 Å². The van der Waals surface area contributed by atoms with E-state index in [1.54, 1.807) is 19.3 Å². The Morgan fingerprint density at radius 3 is 1.95 bits per heavy atom. The van der Waals surface area contributed by atoms with Gasteiger partial charge in [0.05, 0.1) is 24.4 Å². The van der Waals surface area contributed by atoms with Crippen LogP contribution in [-0.2, 0) is 14.3 Å². The average molecular weight is 621 g/mol. The second-order valence-corrected chi connectivity index (χ2v) is 8.46. The summed E-state index contributed by atoms with van der Waals surface area (Å²) in [4.78, 5) is 34.0. The van der Waals surface area contributed by atoms with Crippen molar-refractivity contribution in [1.29, 1.82) is 5.41 Å². The van der Waals surface area contributed by atoms with E-state index in [1.807, 2.05) is 84.9 Å². The molecule has 4 N–H and O–H groups in total. The van der Waals surface area contributed by atoms with Crippen molar-refractivity contribution in [2.75, 3.05) is 6.61 Å². The van der Waals surface area contributed by atoms with Crippen LogP contribution in [0.5, 0.6) is 0 Å². The van der Waals surface area contributed by atoms with Crippen LogP contribution in [0.2, 0.25) is 0 Å². The minimum Gasteiger partial charge on any atom is -0.870 e. The van der Waals surface area contributed by atoms with Gasteiger partial charge in [0.2, 0.25) is 0 Å². The number of carbonyl (C=O) groups is 2. The molecule has 2 aromatic carbocycles. The van der Waals surface area contributed by atoms with Gasteiger partial charge in [-0.1, -0.05) is 60.7 Å². The monoisotopic (exact) mass is 620 g/mol. The average Bonchev–Trinajstić information content (AvgIpc) is 3.03. The second kappa shape index (κ2) is 21.4. The van der Waals surface area contributed by atoms with Crippen LogP contribution in [0.1, 0.15) is 24.7 Å². The Morgan fingerprint density at radius 2 is 1.48 bits per heavy atom. The van der Waals surface area contributed by atoms with E-state index in [0.29, 0.717) is 18.7 Å². The quantitative estimate of drug-likeness (QED) is 0.0836. The maximum atomic E-state index is 11.4. The van der Waals surface area contributed by atoms with Crippen LogP contribution in [-0.4, -0.2) is 45.4 Å². The van der Waals surface area contributed by atoms with E-state index in [9.17, 15) is 9.59 Å². The fourth-order valence-corrected chi connectivity index (χ4v) is 3.61. The SMILES string of the molecule is Cl.N=C(N)c1cc(-c2ccccc2)ccn1.O=C1C=CN=C(c2cc(-c3ccccc3)ccn2)C1.[CH-]=CC(=O)OCC.[Na+].[OH-]. The van der Waals surface area contributed by atoms with Gasteiger partial charge in [-0.25, -0.2) is 0 Å². The molecule has 222 valence electrons. The number of nitrogen functional groups attached to an aromatic ring is 1. The predicted octanol–water partition coefficient (Wildman–Crippen LogP) is 2.84. The number of hydrogen-bond donors (Lipinski definition) is 2. The van der Waals surface area contributed by atoms with Crippen molar-refractivity contribution in [3.63, 3.8) is 0 Å². The summed E-state index contributed by atoms with van der Waals surface area (Å²) in [5, 5.41) is 7.31. The van der Waals surface area contributed by atoms with Crippen LogP contribution in [0.15, 0.2) is 121 Å². The number of rotatable bonds is 6. The third-order valence-corrected chi connectivity index (χ3v) is 5.56. The molecule has 2 aromatic heterocycles. The molecule has 0 bridgehead atoms. The largest absolute Gasteiger partial charge is 1.00 e. The maximum absolute atomic E-state index is 11.4. The van der Waals surface area contributed by atoms with Gasteiger partial charge >= 0.3 is 29.6 Å². The summed E-state index contributed by atoms with van der Waals surface area (Å²) in [6.07, 6.45) is 7.66. The molecule has 11 heteroatoms. The number of ether oxygens (including phenoxy) is 1. The molecule has 0 atom stereocenters. The molecule has 0 saturated carbocycles. The molecule has 4 aromatic rings. The number of amidine groups is 1. The van der Waals surface area contributed by atoms with Crippen LogP contribution in [0.3, 0.4) is 0 Å². The summed E-state index contributed by atoms with van der Waals surface area (Å²) < 4.78 is 4.37. The van der Waals surface area contributed by atoms with Crippen molar-refractivity contribution in [3.05, 3.63) is 134 Å². The third kappa shape index (κ3) is 12.9. The number of pyridine rings is 2. The number of aliphatic imine (C=N–C) groups is 1. The molecule has 9 nitrogen and oxygen atoms in total. The zero-order valence-corrected chi connectivity index (χ0v) is 27.3. The van der Waals surface area contributed by atoms with E-state index < -0.39 is 5.97 Å². The van der Waals surface area contributed by atoms with E-state index in [-0.39, 0.29) is 59.1 Å². The molecule has 44 heavy (non-hydrogen) atoms. The standard InChI is InChI=1S/C16H12N2O.C12H11N3.C5H7O2.ClH.Na.H2O/c19-14-7-9-18-16(11-14)15-10-13(6-8-17-15)12-4-2-1-3-5-12;13-12(14)11-8-10(6-7-15-11)9-4-2-1-3-5-9;1-3-5(6)7-4-2;;;/h1-10H,11H2;1-8H,(H3,13,14);1,3H,4H2,2H3;1H;;1H2/q;;-1;;+1;/p-1. The summed E-state index contributed by atoms with van der Waals surface area (Å²) in [7, 11) is 0. The first kappa shape index (κ1) is 39.8. The van der Waals surface area contributed by atoms with Crippen LogP contribution < -0.4 is 35.3 Å². The number of ketones is 1. The van der Waals surface area contributed by atoms with E-state index >= 15 is 0 Å². The minimum absolute atomic E-state index is 0. The number of carbonyl (C=O) groups excluding carboxylic acids is 2. The number of hydrogen-bond acceptors (Lipinski definition) is 8. The van der Waals surface area contributed by atoms with Gasteiger partial charge in [-0.3, -0.25) is 31.7 Å². The molecule has 3 heterocycles. The number of esters is 1. The van der Waals surface area contributed by atoms with Crippen LogP contribution in [0.25, 0.3) is 22.3 Å². The van der Waals surface area contributed by atoms with E-state index in [0.717, 1.165) is 39.7 Å². The van der Waals surface area contributed by atoms with Gasteiger partial charge in [-0.2, -0.15) is 6.08 Å². The van der Waals surface area contributed by atoms with Crippen molar-refractivity contribution >= 4 is 35.7 Å². The van der Waals surface area contributed by atoms with E-state index in [1.165, 1.54) is 12.3 Å². The Morgan fingerprint density at radius 1 is 0.932 bits per heavy atom. The topological polar surface area (TPSA) is 161 Å². The molecule has 1 aliphatic heterocycles. The van der Waals surface area contributed by atoms with Gasteiger partial charge in [0.15, 0.2) is 11.8 Å². The minimum atomic E-state index is -0.470. The number of benzene rings is 2. The number of halogens is 1. The first-order chi connectivity index (χ1) is 19.9. The van der Waals surface area contributed by atoms with Gasteiger partial charge in [0, 0.05) is 18.6 Å². The summed E-state index contributed by atoms with van der Waals surface area (Å²) in [5.74, 6) is -0.410. The normalized spacial score (nSPS) is 10.8. The molecular formula is C33H32ClN5NaO4-. The Kier molecular flexibility index (Phi) is 19.4. The Bertz CT molecular complexity index is 1560. The van der Waals surface area contributed by atoms with E-state index in [2.05, 4.69) is 19.7 Å². The van der Waals surface area contributed by atoms with Crippen molar-refractivity contribution < 1.29 is 49.4 Å². The van der Waals surface area contributed by atoms with Crippen molar-refractivity contribution in [2.45, 2.75) is 13.3 Å². The summed E-state index contributed by atoms with van der Waals surface area (Å²) in [6, 6.07) is 27.7. The number of nitrogens with two attached hydrogens (primary N) is 1. The van der Waals surface area contributed by atoms with E-state index in [4.69, 9.17) is 17.7 Å². The number of nitrogens with one attached hydrogen (secondary N) is 1. The van der Waals surface area contributed by atoms with Crippen LogP contribution in [0.4, 0.5) is 0 Å². The zero-order chi connectivity index (χ0) is 29.5.